The molecule has 0 aliphatic heterocycles. The van der Waals surface area contributed by atoms with Crippen molar-refractivity contribution in [1.82, 2.24) is 5.32 Å². The Morgan fingerprint density at radius 1 is 0.903 bits per heavy atom. The highest BCUT2D eigenvalue weighted by molar-refractivity contribution is 6.04. The number of carbonyl (C=O) groups excluding carboxylic acids is 2. The van der Waals surface area contributed by atoms with Gasteiger partial charge >= 0.3 is 0 Å². The standard InChI is InChI=1S/C26H26N2O3/c1-18(27-25(29)21-12-14-24(15-13-21)31-17-19-10-11-19)22-8-5-9-23(16-22)28-26(30)20-6-3-2-4-7-20/h2-9,12-16,18-19H,10-11,17H2,1H3,(H,27,29)(H,28,30). The first-order valence-electron chi connectivity index (χ1n) is 10.6. The molecule has 158 valence electrons. The zero-order valence-corrected chi connectivity index (χ0v) is 17.5. The van der Waals surface area contributed by atoms with E-state index in [0.29, 0.717) is 22.7 Å². The maximum atomic E-state index is 12.6. The number of anilines is 1. The highest BCUT2D eigenvalue weighted by atomic mass is 16.5. The van der Waals surface area contributed by atoms with Crippen LogP contribution in [0.2, 0.25) is 0 Å². The second kappa shape index (κ2) is 9.47. The number of hydrogen-bond donors (Lipinski definition) is 2. The second-order valence-electron chi connectivity index (χ2n) is 7.92. The van der Waals surface area contributed by atoms with Gasteiger partial charge in [-0.1, -0.05) is 30.3 Å². The van der Waals surface area contributed by atoms with E-state index in [9.17, 15) is 9.59 Å². The molecule has 5 nitrogen and oxygen atoms in total. The smallest absolute Gasteiger partial charge is 0.255 e. The molecule has 0 radical (unpaired) electrons. The molecule has 3 aromatic carbocycles. The molecule has 5 heteroatoms. The summed E-state index contributed by atoms with van der Waals surface area (Å²) in [6.07, 6.45) is 2.49. The zero-order chi connectivity index (χ0) is 21.6. The Hall–Kier alpha value is -3.60. The minimum absolute atomic E-state index is 0.153. The summed E-state index contributed by atoms with van der Waals surface area (Å²) < 4.78 is 5.73. The lowest BCUT2D eigenvalue weighted by atomic mass is 10.1. The molecule has 1 fully saturated rings. The second-order valence-corrected chi connectivity index (χ2v) is 7.92. The molecular weight excluding hydrogens is 388 g/mol. The molecule has 31 heavy (non-hydrogen) atoms. The number of carbonyl (C=O) groups is 2. The molecule has 2 N–H and O–H groups in total. The largest absolute Gasteiger partial charge is 0.493 e. The predicted octanol–water partition coefficient (Wildman–Crippen LogP) is 5.22. The van der Waals surface area contributed by atoms with Crippen LogP contribution in [0.5, 0.6) is 5.75 Å². The Morgan fingerprint density at radius 3 is 2.32 bits per heavy atom. The lowest BCUT2D eigenvalue weighted by Crippen LogP contribution is -2.26. The number of benzene rings is 3. The molecule has 1 aliphatic carbocycles. The van der Waals surface area contributed by atoms with E-state index >= 15 is 0 Å². The monoisotopic (exact) mass is 414 g/mol. The van der Waals surface area contributed by atoms with Crippen molar-refractivity contribution in [3.8, 4) is 5.75 Å². The van der Waals surface area contributed by atoms with Crippen LogP contribution in [0.15, 0.2) is 78.9 Å². The summed E-state index contributed by atoms with van der Waals surface area (Å²) in [4.78, 5) is 25.0. The summed E-state index contributed by atoms with van der Waals surface area (Å²) in [7, 11) is 0. The van der Waals surface area contributed by atoms with Crippen molar-refractivity contribution in [1.29, 1.82) is 0 Å². The van der Waals surface area contributed by atoms with Crippen molar-refractivity contribution in [2.24, 2.45) is 5.92 Å². The molecule has 0 aromatic heterocycles. The van der Waals surface area contributed by atoms with Gasteiger partial charge in [0.25, 0.3) is 11.8 Å². The third kappa shape index (κ3) is 5.72. The lowest BCUT2D eigenvalue weighted by molar-refractivity contribution is 0.0939. The van der Waals surface area contributed by atoms with Gasteiger partial charge in [0.15, 0.2) is 0 Å². The van der Waals surface area contributed by atoms with Gasteiger partial charge in [0.2, 0.25) is 0 Å². The number of rotatable bonds is 8. The lowest BCUT2D eigenvalue weighted by Gasteiger charge is -2.16. The van der Waals surface area contributed by atoms with Crippen LogP contribution in [-0.4, -0.2) is 18.4 Å². The van der Waals surface area contributed by atoms with Gasteiger partial charge in [0, 0.05) is 16.8 Å². The number of hydrogen-bond acceptors (Lipinski definition) is 3. The van der Waals surface area contributed by atoms with Crippen LogP contribution in [-0.2, 0) is 0 Å². The summed E-state index contributed by atoms with van der Waals surface area (Å²) >= 11 is 0. The molecule has 2 amide bonds. The summed E-state index contributed by atoms with van der Waals surface area (Å²) in [5.41, 5.74) is 2.77. The van der Waals surface area contributed by atoms with E-state index in [4.69, 9.17) is 4.74 Å². The van der Waals surface area contributed by atoms with Crippen LogP contribution in [0.4, 0.5) is 5.69 Å². The molecule has 4 rings (SSSR count). The van der Waals surface area contributed by atoms with Crippen LogP contribution in [0.25, 0.3) is 0 Å². The summed E-state index contributed by atoms with van der Waals surface area (Å²) in [6, 6.07) is 23.6. The Kier molecular flexibility index (Phi) is 6.32. The summed E-state index contributed by atoms with van der Waals surface area (Å²) in [5, 5.41) is 5.92. The third-order valence-electron chi connectivity index (χ3n) is 5.33. The number of amides is 2. The first-order chi connectivity index (χ1) is 15.1. The van der Waals surface area contributed by atoms with Crippen molar-refractivity contribution in [3.63, 3.8) is 0 Å². The Labute approximate surface area is 182 Å². The van der Waals surface area contributed by atoms with E-state index < -0.39 is 0 Å². The average Bonchev–Trinajstić information content (AvgIpc) is 3.63. The Bertz CT molecular complexity index is 1040. The fourth-order valence-corrected chi connectivity index (χ4v) is 3.24. The van der Waals surface area contributed by atoms with Crippen LogP contribution in [0, 0.1) is 5.92 Å². The Balaban J connectivity index is 1.35. The van der Waals surface area contributed by atoms with E-state index in [1.54, 1.807) is 24.3 Å². The molecule has 0 heterocycles. The van der Waals surface area contributed by atoms with Crippen molar-refractivity contribution in [2.75, 3.05) is 11.9 Å². The first-order valence-corrected chi connectivity index (χ1v) is 10.6. The van der Waals surface area contributed by atoms with Gasteiger partial charge in [-0.15, -0.1) is 0 Å². The minimum atomic E-state index is -0.216. The fraction of sp³-hybridized carbons (Fsp3) is 0.231. The van der Waals surface area contributed by atoms with Gasteiger partial charge in [-0.2, -0.15) is 0 Å². The molecule has 0 bridgehead atoms. The minimum Gasteiger partial charge on any atom is -0.493 e. The van der Waals surface area contributed by atoms with Gasteiger partial charge in [-0.25, -0.2) is 0 Å². The number of nitrogens with one attached hydrogen (secondary N) is 2. The topological polar surface area (TPSA) is 67.4 Å². The van der Waals surface area contributed by atoms with Gasteiger partial charge in [-0.3, -0.25) is 9.59 Å². The molecule has 1 saturated carbocycles. The molecule has 3 aromatic rings. The quantitative estimate of drug-likeness (QED) is 0.531. The van der Waals surface area contributed by atoms with Gasteiger partial charge in [0.1, 0.15) is 5.75 Å². The van der Waals surface area contributed by atoms with E-state index in [1.807, 2.05) is 61.5 Å². The van der Waals surface area contributed by atoms with Gasteiger partial charge < -0.3 is 15.4 Å². The van der Waals surface area contributed by atoms with Crippen LogP contribution >= 0.6 is 0 Å². The van der Waals surface area contributed by atoms with Crippen molar-refractivity contribution in [3.05, 3.63) is 95.6 Å². The van der Waals surface area contributed by atoms with E-state index in [2.05, 4.69) is 10.6 Å². The fourth-order valence-electron chi connectivity index (χ4n) is 3.24. The maximum Gasteiger partial charge on any atom is 0.255 e. The molecular formula is C26H26N2O3. The molecule has 1 unspecified atom stereocenters. The normalized spacial score (nSPS) is 13.8. The van der Waals surface area contributed by atoms with E-state index in [1.165, 1.54) is 12.8 Å². The first kappa shape index (κ1) is 20.7. The zero-order valence-electron chi connectivity index (χ0n) is 17.5. The predicted molar refractivity (Wildman–Crippen MR) is 121 cm³/mol. The highest BCUT2D eigenvalue weighted by Crippen LogP contribution is 2.29. The van der Waals surface area contributed by atoms with Crippen LogP contribution in [0.3, 0.4) is 0 Å². The molecule has 0 saturated heterocycles. The van der Waals surface area contributed by atoms with Gasteiger partial charge in [-0.05, 0) is 79.8 Å². The Morgan fingerprint density at radius 2 is 1.61 bits per heavy atom. The summed E-state index contributed by atoms with van der Waals surface area (Å²) in [6.45, 7) is 2.67. The number of ether oxygens (including phenoxy) is 1. The van der Waals surface area contributed by atoms with Crippen molar-refractivity contribution in [2.45, 2.75) is 25.8 Å². The molecule has 0 spiro atoms. The average molecular weight is 415 g/mol. The van der Waals surface area contributed by atoms with Crippen molar-refractivity contribution < 1.29 is 14.3 Å². The molecule has 1 atom stereocenters. The summed E-state index contributed by atoms with van der Waals surface area (Å²) in [5.74, 6) is 1.16. The van der Waals surface area contributed by atoms with Crippen LogP contribution < -0.4 is 15.4 Å². The van der Waals surface area contributed by atoms with E-state index in [-0.39, 0.29) is 17.9 Å². The van der Waals surface area contributed by atoms with E-state index in [0.717, 1.165) is 17.9 Å². The van der Waals surface area contributed by atoms with Gasteiger partial charge in [0.05, 0.1) is 12.6 Å². The molecule has 1 aliphatic rings. The van der Waals surface area contributed by atoms with Crippen LogP contribution in [0.1, 0.15) is 52.1 Å². The highest BCUT2D eigenvalue weighted by Gasteiger charge is 2.22. The van der Waals surface area contributed by atoms with Crippen molar-refractivity contribution >= 4 is 17.5 Å². The SMILES string of the molecule is CC(NC(=O)c1ccc(OCC2CC2)cc1)c1cccc(NC(=O)c2ccccc2)c1. The maximum absolute atomic E-state index is 12.6. The third-order valence-corrected chi connectivity index (χ3v) is 5.33.